The van der Waals surface area contributed by atoms with Crippen molar-refractivity contribution in [1.82, 2.24) is 10.2 Å². The Labute approximate surface area is 184 Å². The molecular formula is C24H31ClN2O3. The number of hydrogen-bond acceptors (Lipinski definition) is 3. The van der Waals surface area contributed by atoms with Crippen LogP contribution in [0.1, 0.15) is 43.9 Å². The van der Waals surface area contributed by atoms with Gasteiger partial charge in [-0.1, -0.05) is 42.8 Å². The molecule has 30 heavy (non-hydrogen) atoms. The van der Waals surface area contributed by atoms with Crippen molar-refractivity contribution in [3.8, 4) is 5.75 Å². The summed E-state index contributed by atoms with van der Waals surface area (Å²) in [6.45, 7) is 9.76. The molecule has 0 aliphatic heterocycles. The van der Waals surface area contributed by atoms with Crippen LogP contribution >= 0.6 is 11.6 Å². The molecule has 2 rings (SSSR count). The van der Waals surface area contributed by atoms with Gasteiger partial charge in [0.1, 0.15) is 11.8 Å². The Morgan fingerprint density at radius 3 is 2.43 bits per heavy atom. The summed E-state index contributed by atoms with van der Waals surface area (Å²) in [5.74, 6) is 0.143. The fraction of sp³-hybridized carbons (Fsp3) is 0.417. The van der Waals surface area contributed by atoms with E-state index >= 15 is 0 Å². The molecule has 6 heteroatoms. The van der Waals surface area contributed by atoms with Crippen LogP contribution in [0.2, 0.25) is 5.02 Å². The predicted molar refractivity (Wildman–Crippen MR) is 121 cm³/mol. The van der Waals surface area contributed by atoms with E-state index in [0.717, 1.165) is 23.1 Å². The van der Waals surface area contributed by atoms with Crippen molar-refractivity contribution in [2.45, 2.75) is 59.7 Å². The first-order chi connectivity index (χ1) is 14.2. The van der Waals surface area contributed by atoms with E-state index in [4.69, 9.17) is 16.3 Å². The summed E-state index contributed by atoms with van der Waals surface area (Å²) in [4.78, 5) is 27.4. The topological polar surface area (TPSA) is 58.6 Å². The molecule has 0 bridgehead atoms. The molecule has 5 nitrogen and oxygen atoms in total. The lowest BCUT2D eigenvalue weighted by molar-refractivity contribution is -0.142. The quantitative estimate of drug-likeness (QED) is 0.629. The van der Waals surface area contributed by atoms with E-state index in [9.17, 15) is 9.59 Å². The van der Waals surface area contributed by atoms with Crippen molar-refractivity contribution >= 4 is 23.4 Å². The maximum atomic E-state index is 13.1. The average Bonchev–Trinajstić information content (AvgIpc) is 2.73. The molecule has 0 aliphatic rings. The smallest absolute Gasteiger partial charge is 0.261 e. The van der Waals surface area contributed by atoms with Gasteiger partial charge in [-0.05, 0) is 69.0 Å². The maximum absolute atomic E-state index is 13.1. The number of nitrogens with zero attached hydrogens (tertiary/aromatic N) is 1. The summed E-state index contributed by atoms with van der Waals surface area (Å²) >= 11 is 6.05. The summed E-state index contributed by atoms with van der Waals surface area (Å²) in [5.41, 5.74) is 2.94. The lowest BCUT2D eigenvalue weighted by Crippen LogP contribution is -2.50. The fourth-order valence-electron chi connectivity index (χ4n) is 2.95. The van der Waals surface area contributed by atoms with Gasteiger partial charge in [-0.25, -0.2) is 0 Å². The number of ether oxygens (including phenoxy) is 1. The summed E-state index contributed by atoms with van der Waals surface area (Å²) in [6.07, 6.45) is 0.823. The molecule has 0 fully saturated rings. The van der Waals surface area contributed by atoms with E-state index in [-0.39, 0.29) is 24.5 Å². The normalized spacial score (nSPS) is 12.7. The standard InChI is InChI=1S/C24H31ClN2O3/c1-6-18(4)26-24(29)19(5)27(14-20-10-8-7-9-16(20)2)23(28)15-30-21-11-12-22(25)17(3)13-21/h7-13,18-19H,6,14-15H2,1-5H3,(H,26,29)/t18-,19-/m0/s1. The zero-order valence-corrected chi connectivity index (χ0v) is 19.1. The van der Waals surface area contributed by atoms with E-state index in [1.807, 2.05) is 52.0 Å². The van der Waals surface area contributed by atoms with Gasteiger partial charge in [-0.3, -0.25) is 9.59 Å². The molecule has 0 aliphatic carbocycles. The van der Waals surface area contributed by atoms with Crippen LogP contribution in [-0.4, -0.2) is 35.4 Å². The van der Waals surface area contributed by atoms with Crippen LogP contribution in [0.15, 0.2) is 42.5 Å². The van der Waals surface area contributed by atoms with E-state index in [1.54, 1.807) is 30.0 Å². The van der Waals surface area contributed by atoms with Gasteiger partial charge in [-0.15, -0.1) is 0 Å². The summed E-state index contributed by atoms with van der Waals surface area (Å²) in [6, 6.07) is 12.5. The number of benzene rings is 2. The minimum atomic E-state index is -0.623. The zero-order valence-electron chi connectivity index (χ0n) is 18.4. The third-order valence-corrected chi connectivity index (χ3v) is 5.69. The molecule has 0 spiro atoms. The number of hydrogen-bond donors (Lipinski definition) is 1. The second-order valence-electron chi connectivity index (χ2n) is 7.64. The van der Waals surface area contributed by atoms with Gasteiger partial charge in [0.05, 0.1) is 0 Å². The number of nitrogens with one attached hydrogen (secondary N) is 1. The molecule has 2 aromatic rings. The summed E-state index contributed by atoms with van der Waals surface area (Å²) in [7, 11) is 0. The van der Waals surface area contributed by atoms with Crippen molar-refractivity contribution in [1.29, 1.82) is 0 Å². The Hall–Kier alpha value is -2.53. The molecule has 1 N–H and O–H groups in total. The molecule has 0 saturated carbocycles. The minimum absolute atomic E-state index is 0.0451. The third kappa shape index (κ3) is 6.49. The molecule has 162 valence electrons. The van der Waals surface area contributed by atoms with Crippen LogP contribution in [0.3, 0.4) is 0 Å². The molecular weight excluding hydrogens is 400 g/mol. The maximum Gasteiger partial charge on any atom is 0.261 e. The van der Waals surface area contributed by atoms with Gasteiger partial charge in [0.25, 0.3) is 5.91 Å². The van der Waals surface area contributed by atoms with Crippen molar-refractivity contribution in [3.63, 3.8) is 0 Å². The van der Waals surface area contributed by atoms with Gasteiger partial charge in [-0.2, -0.15) is 0 Å². The molecule has 2 amide bonds. The first-order valence-corrected chi connectivity index (χ1v) is 10.6. The van der Waals surface area contributed by atoms with E-state index in [0.29, 0.717) is 17.3 Å². The number of carbonyl (C=O) groups excluding carboxylic acids is 2. The van der Waals surface area contributed by atoms with Gasteiger partial charge in [0, 0.05) is 17.6 Å². The van der Waals surface area contributed by atoms with E-state index in [1.165, 1.54) is 0 Å². The Kier molecular flexibility index (Phi) is 8.72. The first kappa shape index (κ1) is 23.7. The second kappa shape index (κ2) is 11.0. The van der Waals surface area contributed by atoms with Crippen LogP contribution in [0, 0.1) is 13.8 Å². The molecule has 0 heterocycles. The minimum Gasteiger partial charge on any atom is -0.484 e. The number of halogens is 1. The summed E-state index contributed by atoms with van der Waals surface area (Å²) in [5, 5.41) is 3.61. The zero-order chi connectivity index (χ0) is 22.3. The van der Waals surface area contributed by atoms with E-state index in [2.05, 4.69) is 5.32 Å². The second-order valence-corrected chi connectivity index (χ2v) is 8.05. The molecule has 0 saturated heterocycles. The van der Waals surface area contributed by atoms with Gasteiger partial charge < -0.3 is 15.0 Å². The lowest BCUT2D eigenvalue weighted by Gasteiger charge is -2.30. The largest absolute Gasteiger partial charge is 0.484 e. The van der Waals surface area contributed by atoms with Gasteiger partial charge >= 0.3 is 0 Å². The highest BCUT2D eigenvalue weighted by Gasteiger charge is 2.27. The highest BCUT2D eigenvalue weighted by atomic mass is 35.5. The Morgan fingerprint density at radius 1 is 1.10 bits per heavy atom. The van der Waals surface area contributed by atoms with Crippen molar-refractivity contribution in [3.05, 3.63) is 64.2 Å². The molecule has 0 unspecified atom stereocenters. The Bertz CT molecular complexity index is 885. The number of carbonyl (C=O) groups is 2. The highest BCUT2D eigenvalue weighted by molar-refractivity contribution is 6.31. The molecule has 0 aromatic heterocycles. The monoisotopic (exact) mass is 430 g/mol. The highest BCUT2D eigenvalue weighted by Crippen LogP contribution is 2.21. The Morgan fingerprint density at radius 2 is 1.80 bits per heavy atom. The van der Waals surface area contributed by atoms with Crippen LogP contribution in [-0.2, 0) is 16.1 Å². The molecule has 2 atom stereocenters. The predicted octanol–water partition coefficient (Wildman–Crippen LogP) is 4.67. The number of rotatable bonds is 9. The first-order valence-electron chi connectivity index (χ1n) is 10.3. The van der Waals surface area contributed by atoms with Crippen molar-refractivity contribution < 1.29 is 14.3 Å². The fourth-order valence-corrected chi connectivity index (χ4v) is 3.07. The lowest BCUT2D eigenvalue weighted by atomic mass is 10.1. The van der Waals surface area contributed by atoms with Crippen LogP contribution in [0.5, 0.6) is 5.75 Å². The van der Waals surface area contributed by atoms with Crippen molar-refractivity contribution in [2.75, 3.05) is 6.61 Å². The van der Waals surface area contributed by atoms with Crippen LogP contribution < -0.4 is 10.1 Å². The van der Waals surface area contributed by atoms with Crippen LogP contribution in [0.25, 0.3) is 0 Å². The van der Waals surface area contributed by atoms with Gasteiger partial charge in [0.2, 0.25) is 5.91 Å². The number of amides is 2. The summed E-state index contributed by atoms with van der Waals surface area (Å²) < 4.78 is 5.70. The van der Waals surface area contributed by atoms with Gasteiger partial charge in [0.15, 0.2) is 6.61 Å². The number of aryl methyl sites for hydroxylation is 2. The van der Waals surface area contributed by atoms with Crippen LogP contribution in [0.4, 0.5) is 0 Å². The third-order valence-electron chi connectivity index (χ3n) is 5.26. The van der Waals surface area contributed by atoms with Crippen molar-refractivity contribution in [2.24, 2.45) is 0 Å². The average molecular weight is 431 g/mol. The van der Waals surface area contributed by atoms with E-state index < -0.39 is 6.04 Å². The molecule has 0 radical (unpaired) electrons. The molecule has 2 aromatic carbocycles. The Balaban J connectivity index is 2.18. The SMILES string of the molecule is CC[C@H](C)NC(=O)[C@H](C)N(Cc1ccccc1C)C(=O)COc1ccc(Cl)c(C)c1.